The number of esters is 1. The Kier molecular flexibility index (Phi) is 6.79. The van der Waals surface area contributed by atoms with E-state index in [-0.39, 0.29) is 31.4 Å². The lowest BCUT2D eigenvalue weighted by atomic mass is 10.4. The first-order valence-electron chi connectivity index (χ1n) is 6.28. The van der Waals surface area contributed by atoms with E-state index in [1.807, 2.05) is 0 Å². The highest BCUT2D eigenvalue weighted by Gasteiger charge is 2.09. The SMILES string of the molecule is CCOC(=O)CCNC(=O)CN(C)c1ccc(Cl)cn1. The lowest BCUT2D eigenvalue weighted by Crippen LogP contribution is -2.36. The quantitative estimate of drug-likeness (QED) is 0.767. The lowest BCUT2D eigenvalue weighted by Gasteiger charge is -2.17. The van der Waals surface area contributed by atoms with E-state index in [1.54, 1.807) is 31.0 Å². The van der Waals surface area contributed by atoms with E-state index in [2.05, 4.69) is 10.3 Å². The van der Waals surface area contributed by atoms with Gasteiger partial charge in [-0.15, -0.1) is 0 Å². The summed E-state index contributed by atoms with van der Waals surface area (Å²) < 4.78 is 4.76. The summed E-state index contributed by atoms with van der Waals surface area (Å²) in [6.45, 7) is 2.50. The van der Waals surface area contributed by atoms with Gasteiger partial charge in [0.25, 0.3) is 0 Å². The second kappa shape index (κ2) is 8.37. The zero-order valence-corrected chi connectivity index (χ0v) is 12.3. The molecule has 0 saturated heterocycles. The summed E-state index contributed by atoms with van der Waals surface area (Å²) >= 11 is 5.74. The minimum Gasteiger partial charge on any atom is -0.466 e. The molecule has 0 aliphatic rings. The molecule has 0 aliphatic heterocycles. The lowest BCUT2D eigenvalue weighted by molar-refractivity contribution is -0.143. The van der Waals surface area contributed by atoms with Gasteiger partial charge in [0, 0.05) is 19.8 Å². The number of halogens is 1. The van der Waals surface area contributed by atoms with E-state index < -0.39 is 0 Å². The number of likely N-dealkylation sites (N-methyl/N-ethyl adjacent to an activating group) is 1. The highest BCUT2D eigenvalue weighted by Crippen LogP contribution is 2.12. The van der Waals surface area contributed by atoms with Crippen LogP contribution in [0.2, 0.25) is 5.02 Å². The van der Waals surface area contributed by atoms with Crippen molar-refractivity contribution in [1.82, 2.24) is 10.3 Å². The number of rotatable bonds is 7. The van der Waals surface area contributed by atoms with Gasteiger partial charge in [-0.3, -0.25) is 9.59 Å². The summed E-state index contributed by atoms with van der Waals surface area (Å²) in [6.07, 6.45) is 1.69. The molecule has 0 atom stereocenters. The van der Waals surface area contributed by atoms with Crippen molar-refractivity contribution in [2.45, 2.75) is 13.3 Å². The second-order valence-electron chi connectivity index (χ2n) is 4.10. The standard InChI is InChI=1S/C13H18ClN3O3/c1-3-20-13(19)6-7-15-12(18)9-17(2)11-5-4-10(14)8-16-11/h4-5,8H,3,6-7,9H2,1-2H3,(H,15,18). The Labute approximate surface area is 123 Å². The maximum atomic E-state index is 11.7. The molecule has 1 rings (SSSR count). The van der Waals surface area contributed by atoms with Crippen molar-refractivity contribution in [2.24, 2.45) is 0 Å². The molecule has 20 heavy (non-hydrogen) atoms. The first-order chi connectivity index (χ1) is 9.52. The van der Waals surface area contributed by atoms with Gasteiger partial charge in [0.05, 0.1) is 24.6 Å². The number of carbonyl (C=O) groups is 2. The van der Waals surface area contributed by atoms with Crippen molar-refractivity contribution >= 4 is 29.3 Å². The third-order valence-electron chi connectivity index (χ3n) is 2.44. The largest absolute Gasteiger partial charge is 0.466 e. The Morgan fingerprint density at radius 3 is 2.80 bits per heavy atom. The first kappa shape index (κ1) is 16.2. The number of nitrogens with one attached hydrogen (secondary N) is 1. The molecule has 0 saturated carbocycles. The van der Waals surface area contributed by atoms with Crippen LogP contribution in [0.15, 0.2) is 18.3 Å². The van der Waals surface area contributed by atoms with Crippen LogP contribution in [0.3, 0.4) is 0 Å². The number of amides is 1. The summed E-state index contributed by atoms with van der Waals surface area (Å²) in [4.78, 5) is 28.6. The van der Waals surface area contributed by atoms with Gasteiger partial charge in [0.1, 0.15) is 5.82 Å². The predicted octanol–water partition coefficient (Wildman–Crippen LogP) is 1.24. The molecule has 0 fully saturated rings. The molecule has 1 aromatic rings. The van der Waals surface area contributed by atoms with Crippen molar-refractivity contribution in [3.05, 3.63) is 23.4 Å². The molecule has 110 valence electrons. The monoisotopic (exact) mass is 299 g/mol. The minimum absolute atomic E-state index is 0.150. The molecule has 0 unspecified atom stereocenters. The molecule has 0 spiro atoms. The third-order valence-corrected chi connectivity index (χ3v) is 2.66. The van der Waals surface area contributed by atoms with Gasteiger partial charge >= 0.3 is 5.97 Å². The van der Waals surface area contributed by atoms with Crippen molar-refractivity contribution in [2.75, 3.05) is 31.6 Å². The van der Waals surface area contributed by atoms with Crippen molar-refractivity contribution < 1.29 is 14.3 Å². The van der Waals surface area contributed by atoms with E-state index in [0.29, 0.717) is 17.4 Å². The zero-order valence-electron chi connectivity index (χ0n) is 11.6. The summed E-state index contributed by atoms with van der Waals surface area (Å²) in [7, 11) is 1.75. The smallest absolute Gasteiger partial charge is 0.307 e. The van der Waals surface area contributed by atoms with Gasteiger partial charge in [-0.1, -0.05) is 11.6 Å². The number of hydrogen-bond donors (Lipinski definition) is 1. The number of pyridine rings is 1. The first-order valence-corrected chi connectivity index (χ1v) is 6.65. The molecule has 1 amide bonds. The van der Waals surface area contributed by atoms with Gasteiger partial charge < -0.3 is 15.0 Å². The number of hydrogen-bond acceptors (Lipinski definition) is 5. The van der Waals surface area contributed by atoms with Crippen LogP contribution in [-0.2, 0) is 14.3 Å². The van der Waals surface area contributed by atoms with E-state index in [9.17, 15) is 9.59 Å². The van der Waals surface area contributed by atoms with Crippen LogP contribution < -0.4 is 10.2 Å². The molecule has 1 heterocycles. The zero-order chi connectivity index (χ0) is 15.0. The summed E-state index contributed by atoms with van der Waals surface area (Å²) in [5.74, 6) is 0.143. The Morgan fingerprint density at radius 2 is 2.20 bits per heavy atom. The van der Waals surface area contributed by atoms with Gasteiger partial charge in [-0.05, 0) is 19.1 Å². The maximum absolute atomic E-state index is 11.7. The fraction of sp³-hybridized carbons (Fsp3) is 0.462. The summed E-state index contributed by atoms with van der Waals surface area (Å²) in [5, 5.41) is 3.19. The normalized spacial score (nSPS) is 9.95. The number of ether oxygens (including phenoxy) is 1. The molecule has 6 nitrogen and oxygen atoms in total. The highest BCUT2D eigenvalue weighted by molar-refractivity contribution is 6.30. The Bertz CT molecular complexity index is 451. The molecular weight excluding hydrogens is 282 g/mol. The predicted molar refractivity (Wildman–Crippen MR) is 76.8 cm³/mol. The number of nitrogens with zero attached hydrogens (tertiary/aromatic N) is 2. The van der Waals surface area contributed by atoms with Crippen LogP contribution in [-0.4, -0.2) is 43.6 Å². The third kappa shape index (κ3) is 5.88. The fourth-order valence-corrected chi connectivity index (χ4v) is 1.60. The molecular formula is C13H18ClN3O3. The van der Waals surface area contributed by atoms with Gasteiger partial charge in [0.15, 0.2) is 0 Å². The van der Waals surface area contributed by atoms with E-state index in [0.717, 1.165) is 0 Å². The van der Waals surface area contributed by atoms with Crippen LogP contribution in [0.25, 0.3) is 0 Å². The topological polar surface area (TPSA) is 71.5 Å². The number of anilines is 1. The van der Waals surface area contributed by atoms with E-state index >= 15 is 0 Å². The van der Waals surface area contributed by atoms with Gasteiger partial charge in [-0.25, -0.2) is 4.98 Å². The average Bonchev–Trinajstić information content (AvgIpc) is 2.39. The van der Waals surface area contributed by atoms with Gasteiger partial charge in [-0.2, -0.15) is 0 Å². The van der Waals surface area contributed by atoms with E-state index in [1.165, 1.54) is 6.20 Å². The Hall–Kier alpha value is -1.82. The maximum Gasteiger partial charge on any atom is 0.307 e. The Morgan fingerprint density at radius 1 is 1.45 bits per heavy atom. The number of aromatic nitrogens is 1. The van der Waals surface area contributed by atoms with E-state index in [4.69, 9.17) is 16.3 Å². The van der Waals surface area contributed by atoms with Crippen molar-refractivity contribution in [3.63, 3.8) is 0 Å². The van der Waals surface area contributed by atoms with Crippen LogP contribution in [0, 0.1) is 0 Å². The molecule has 0 aliphatic carbocycles. The Balaban J connectivity index is 2.31. The highest BCUT2D eigenvalue weighted by atomic mass is 35.5. The number of carbonyl (C=O) groups excluding carboxylic acids is 2. The molecule has 7 heteroatoms. The van der Waals surface area contributed by atoms with Crippen molar-refractivity contribution in [3.8, 4) is 0 Å². The van der Waals surface area contributed by atoms with Crippen LogP contribution in [0.5, 0.6) is 0 Å². The van der Waals surface area contributed by atoms with Crippen LogP contribution in [0.4, 0.5) is 5.82 Å². The summed E-state index contributed by atoms with van der Waals surface area (Å²) in [5.41, 5.74) is 0. The van der Waals surface area contributed by atoms with Crippen LogP contribution in [0.1, 0.15) is 13.3 Å². The van der Waals surface area contributed by atoms with Gasteiger partial charge in [0.2, 0.25) is 5.91 Å². The molecule has 0 radical (unpaired) electrons. The molecule has 1 aromatic heterocycles. The van der Waals surface area contributed by atoms with Crippen molar-refractivity contribution in [1.29, 1.82) is 0 Å². The molecule has 0 aromatic carbocycles. The fourth-order valence-electron chi connectivity index (χ4n) is 1.48. The molecule has 1 N–H and O–H groups in total. The minimum atomic E-state index is -0.319. The average molecular weight is 300 g/mol. The molecule has 0 bridgehead atoms. The van der Waals surface area contributed by atoms with Crippen LogP contribution >= 0.6 is 11.6 Å². The second-order valence-corrected chi connectivity index (χ2v) is 4.53. The summed E-state index contributed by atoms with van der Waals surface area (Å²) in [6, 6.07) is 3.44.